The average Bonchev–Trinajstić information content (AvgIpc) is 2.61. The van der Waals surface area contributed by atoms with Crippen LogP contribution in [0.25, 0.3) is 10.4 Å². The second kappa shape index (κ2) is 4.86. The van der Waals surface area contributed by atoms with E-state index in [-0.39, 0.29) is 5.97 Å². The van der Waals surface area contributed by atoms with Crippen LogP contribution in [-0.4, -0.2) is 5.97 Å². The predicted octanol–water partition coefficient (Wildman–Crippen LogP) is 4.13. The van der Waals surface area contributed by atoms with Crippen LogP contribution in [0.1, 0.15) is 6.92 Å². The van der Waals surface area contributed by atoms with Gasteiger partial charge in [-0.3, -0.25) is 4.79 Å². The maximum absolute atomic E-state index is 11.0. The van der Waals surface area contributed by atoms with E-state index in [0.717, 1.165) is 10.4 Å². The van der Waals surface area contributed by atoms with Gasteiger partial charge in [0, 0.05) is 6.92 Å². The minimum absolute atomic E-state index is 0.339. The predicted molar refractivity (Wildman–Crippen MR) is 69.8 cm³/mol. The molecule has 1 aromatic heterocycles. The van der Waals surface area contributed by atoms with Crippen LogP contribution in [-0.2, 0) is 4.79 Å². The van der Waals surface area contributed by atoms with E-state index >= 15 is 0 Å². The monoisotopic (exact) mass is 268 g/mol. The number of ether oxygens (including phenoxy) is 1. The highest BCUT2D eigenvalue weighted by Crippen LogP contribution is 2.40. The molecule has 0 atom stereocenters. The topological polar surface area (TPSA) is 26.3 Å². The van der Waals surface area contributed by atoms with Crippen molar-refractivity contribution in [3.8, 4) is 16.2 Å². The van der Waals surface area contributed by atoms with E-state index < -0.39 is 0 Å². The Labute approximate surface area is 106 Å². The van der Waals surface area contributed by atoms with Gasteiger partial charge in [0.15, 0.2) is 5.75 Å². The van der Waals surface area contributed by atoms with Gasteiger partial charge >= 0.3 is 5.97 Å². The van der Waals surface area contributed by atoms with Crippen molar-refractivity contribution in [1.29, 1.82) is 0 Å². The van der Waals surface area contributed by atoms with Gasteiger partial charge in [0.05, 0.1) is 4.88 Å². The number of esters is 1. The lowest BCUT2D eigenvalue weighted by atomic mass is 10.2. The molecule has 5 heteroatoms. The summed E-state index contributed by atoms with van der Waals surface area (Å²) in [6, 6.07) is 9.78. The Hall–Kier alpha value is -1.04. The fourth-order valence-corrected chi connectivity index (χ4v) is 3.88. The first kappa shape index (κ1) is 11.4. The quantitative estimate of drug-likeness (QED) is 0.465. The molecule has 0 N–H and O–H groups in total. The normalized spacial score (nSPS) is 10.1. The molecule has 0 spiro atoms. The molecule has 0 aliphatic carbocycles. The molecule has 82 valence electrons. The molecule has 2 nitrogen and oxygen atoms in total. The van der Waals surface area contributed by atoms with Gasteiger partial charge < -0.3 is 4.74 Å². The van der Waals surface area contributed by atoms with Crippen molar-refractivity contribution in [2.24, 2.45) is 0 Å². The zero-order valence-electron chi connectivity index (χ0n) is 8.43. The number of hydrogen-bond donors (Lipinski definition) is 0. The molecular weight excluding hydrogens is 260 g/mol. The summed E-state index contributed by atoms with van der Waals surface area (Å²) < 4.78 is 5.77. The van der Waals surface area contributed by atoms with Gasteiger partial charge in [-0.2, -0.15) is 0 Å². The minimum atomic E-state index is -0.339. The zero-order valence-corrected chi connectivity index (χ0v) is 10.9. The van der Waals surface area contributed by atoms with Crippen molar-refractivity contribution in [2.75, 3.05) is 0 Å². The molecule has 0 fully saturated rings. The first-order chi connectivity index (χ1) is 7.68. The summed E-state index contributed by atoms with van der Waals surface area (Å²) in [6.45, 7) is 1.38. The van der Waals surface area contributed by atoms with Crippen molar-refractivity contribution >= 4 is 38.9 Å². The Morgan fingerprint density at radius 2 is 1.94 bits per heavy atom. The summed E-state index contributed by atoms with van der Waals surface area (Å²) >= 11 is 5.14. The number of rotatable bonds is 2. The molecule has 0 saturated heterocycles. The molecule has 0 aliphatic heterocycles. The van der Waals surface area contributed by atoms with Gasteiger partial charge in [0.25, 0.3) is 0 Å². The van der Waals surface area contributed by atoms with E-state index in [2.05, 4.69) is 0 Å². The van der Waals surface area contributed by atoms with E-state index in [4.69, 9.17) is 17.0 Å². The van der Waals surface area contributed by atoms with Crippen LogP contribution in [0, 0.1) is 3.82 Å². The molecule has 1 aromatic carbocycles. The largest absolute Gasteiger partial charge is 0.423 e. The Kier molecular flexibility index (Phi) is 3.48. The van der Waals surface area contributed by atoms with Crippen molar-refractivity contribution in [3.63, 3.8) is 0 Å². The molecule has 2 rings (SSSR count). The van der Waals surface area contributed by atoms with Crippen LogP contribution in [0.15, 0.2) is 30.3 Å². The van der Waals surface area contributed by atoms with Gasteiger partial charge in [-0.15, -0.1) is 0 Å². The summed E-state index contributed by atoms with van der Waals surface area (Å²) in [5.74, 6) is 0.178. The van der Waals surface area contributed by atoms with E-state index in [1.54, 1.807) is 0 Å². The van der Waals surface area contributed by atoms with Crippen LogP contribution >= 0.6 is 32.9 Å². The molecule has 1 heterocycles. The molecule has 2 aromatic rings. The molecule has 0 radical (unpaired) electrons. The summed E-state index contributed by atoms with van der Waals surface area (Å²) in [5, 5.41) is 0. The standard InChI is InChI=1S/C11H8O2S3/c1-7(12)13-9-10(15-16-11(9)14)8-5-3-2-4-6-8/h2-6H,1H3. The van der Waals surface area contributed by atoms with Gasteiger partial charge in [-0.05, 0) is 5.56 Å². The van der Waals surface area contributed by atoms with E-state index in [1.807, 2.05) is 30.3 Å². The van der Waals surface area contributed by atoms with Crippen LogP contribution in [0.3, 0.4) is 0 Å². The average molecular weight is 268 g/mol. The fourth-order valence-electron chi connectivity index (χ4n) is 1.25. The Morgan fingerprint density at radius 3 is 2.56 bits per heavy atom. The second-order valence-electron chi connectivity index (χ2n) is 3.07. The van der Waals surface area contributed by atoms with E-state index in [9.17, 15) is 4.79 Å². The summed E-state index contributed by atoms with van der Waals surface area (Å²) in [5.41, 5.74) is 1.02. The third-order valence-electron chi connectivity index (χ3n) is 1.87. The summed E-state index contributed by atoms with van der Waals surface area (Å²) in [4.78, 5) is 11.9. The maximum Gasteiger partial charge on any atom is 0.308 e. The highest BCUT2D eigenvalue weighted by molar-refractivity contribution is 7.80. The minimum Gasteiger partial charge on any atom is -0.423 e. The smallest absolute Gasteiger partial charge is 0.308 e. The maximum atomic E-state index is 11.0. The zero-order chi connectivity index (χ0) is 11.5. The molecular formula is C11H8O2S3. The molecule has 16 heavy (non-hydrogen) atoms. The number of carbonyl (C=O) groups is 1. The van der Waals surface area contributed by atoms with E-state index in [1.165, 1.54) is 27.6 Å². The van der Waals surface area contributed by atoms with Gasteiger partial charge in [-0.1, -0.05) is 63.2 Å². The lowest BCUT2D eigenvalue weighted by Gasteiger charge is -2.02. The summed E-state index contributed by atoms with van der Waals surface area (Å²) in [6.07, 6.45) is 0. The first-order valence-corrected chi connectivity index (χ1v) is 7.11. The first-order valence-electron chi connectivity index (χ1n) is 4.55. The SMILES string of the molecule is CC(=O)Oc1c(-c2ccccc2)ssc1=S. The lowest BCUT2D eigenvalue weighted by molar-refractivity contribution is -0.131. The molecule has 0 saturated carbocycles. The van der Waals surface area contributed by atoms with Crippen molar-refractivity contribution in [1.82, 2.24) is 0 Å². The molecule has 0 amide bonds. The number of hydrogen-bond acceptors (Lipinski definition) is 5. The van der Waals surface area contributed by atoms with Crippen LogP contribution < -0.4 is 4.74 Å². The highest BCUT2D eigenvalue weighted by Gasteiger charge is 2.13. The fraction of sp³-hybridized carbons (Fsp3) is 0.0909. The Bertz CT molecular complexity index is 554. The highest BCUT2D eigenvalue weighted by atomic mass is 32.9. The van der Waals surface area contributed by atoms with Crippen molar-refractivity contribution < 1.29 is 9.53 Å². The molecule has 0 unspecified atom stereocenters. The van der Waals surface area contributed by atoms with Crippen LogP contribution in [0.4, 0.5) is 0 Å². The number of benzene rings is 1. The van der Waals surface area contributed by atoms with Crippen molar-refractivity contribution in [2.45, 2.75) is 6.92 Å². The molecule has 0 aliphatic rings. The van der Waals surface area contributed by atoms with Gasteiger partial charge in [0.1, 0.15) is 3.82 Å². The van der Waals surface area contributed by atoms with Gasteiger partial charge in [0.2, 0.25) is 0 Å². The third-order valence-corrected chi connectivity index (χ3v) is 4.88. The van der Waals surface area contributed by atoms with Gasteiger partial charge in [-0.25, -0.2) is 0 Å². The number of carbonyl (C=O) groups excluding carboxylic acids is 1. The Balaban J connectivity index is 2.50. The van der Waals surface area contributed by atoms with E-state index in [0.29, 0.717) is 9.57 Å². The Morgan fingerprint density at radius 1 is 1.25 bits per heavy atom. The summed E-state index contributed by atoms with van der Waals surface area (Å²) in [7, 11) is 2.98. The second-order valence-corrected chi connectivity index (χ2v) is 5.89. The van der Waals surface area contributed by atoms with Crippen molar-refractivity contribution in [3.05, 3.63) is 34.2 Å². The molecule has 0 bridgehead atoms. The lowest BCUT2D eigenvalue weighted by Crippen LogP contribution is -2.01. The van der Waals surface area contributed by atoms with Crippen LogP contribution in [0.2, 0.25) is 0 Å². The van der Waals surface area contributed by atoms with Crippen LogP contribution in [0.5, 0.6) is 5.75 Å². The third kappa shape index (κ3) is 2.37.